The van der Waals surface area contributed by atoms with Crippen LogP contribution in [0.1, 0.15) is 4.88 Å². The van der Waals surface area contributed by atoms with Crippen LogP contribution in [0.3, 0.4) is 0 Å². The van der Waals surface area contributed by atoms with E-state index in [4.69, 9.17) is 10.6 Å². The third kappa shape index (κ3) is 3.19. The Hall–Kier alpha value is -0.0700. The largest absolute Gasteiger partial charge is 0.375 e. The molecule has 0 spiro atoms. The molecule has 2 atom stereocenters. The Balaban J connectivity index is 1.91. The van der Waals surface area contributed by atoms with Crippen LogP contribution < -0.4 is 11.3 Å². The lowest BCUT2D eigenvalue weighted by atomic mass is 10.1. The second-order valence-electron chi connectivity index (χ2n) is 3.54. The van der Waals surface area contributed by atoms with Crippen LogP contribution in [0.5, 0.6) is 0 Å². The number of nitrogens with one attached hydrogen (secondary N) is 1. The maximum Gasteiger partial charge on any atom is 0.0835 e. The molecule has 0 bridgehead atoms. The van der Waals surface area contributed by atoms with E-state index in [1.807, 2.05) is 11.8 Å². The Morgan fingerprint density at radius 2 is 2.60 bits per heavy atom. The van der Waals surface area contributed by atoms with E-state index in [1.165, 1.54) is 4.88 Å². The average molecular weight is 244 g/mol. The normalized spacial score (nSPS) is 23.9. The summed E-state index contributed by atoms with van der Waals surface area (Å²) in [5.74, 6) is 7.73. The van der Waals surface area contributed by atoms with Gasteiger partial charge in [0.2, 0.25) is 0 Å². The Morgan fingerprint density at radius 1 is 1.67 bits per heavy atom. The van der Waals surface area contributed by atoms with Crippen LogP contribution in [0.2, 0.25) is 0 Å². The number of thioether (sulfide) groups is 1. The SMILES string of the molecule is NNC(Cc1cccs1)C1CSCCO1. The molecule has 0 saturated carbocycles. The molecular formula is C10H16N2OS2. The minimum Gasteiger partial charge on any atom is -0.375 e. The number of hydrazine groups is 1. The minimum atomic E-state index is 0.233. The maximum absolute atomic E-state index is 5.72. The van der Waals surface area contributed by atoms with Gasteiger partial charge in [-0.25, -0.2) is 0 Å². The van der Waals surface area contributed by atoms with Gasteiger partial charge in [0.05, 0.1) is 18.8 Å². The van der Waals surface area contributed by atoms with Crippen LogP contribution in [0.4, 0.5) is 0 Å². The molecule has 2 rings (SSSR count). The fraction of sp³-hybridized carbons (Fsp3) is 0.600. The summed E-state index contributed by atoms with van der Waals surface area (Å²) in [7, 11) is 0. The molecule has 5 heteroatoms. The first-order valence-electron chi connectivity index (χ1n) is 5.08. The van der Waals surface area contributed by atoms with Gasteiger partial charge in [-0.15, -0.1) is 11.3 Å². The van der Waals surface area contributed by atoms with Crippen LogP contribution in [-0.4, -0.2) is 30.3 Å². The van der Waals surface area contributed by atoms with Gasteiger partial charge < -0.3 is 4.74 Å². The zero-order valence-electron chi connectivity index (χ0n) is 8.52. The number of hydrogen-bond donors (Lipinski definition) is 2. The molecule has 84 valence electrons. The van der Waals surface area contributed by atoms with E-state index in [9.17, 15) is 0 Å². The summed E-state index contributed by atoms with van der Waals surface area (Å²) in [5.41, 5.74) is 2.88. The molecule has 15 heavy (non-hydrogen) atoms. The van der Waals surface area contributed by atoms with Crippen molar-refractivity contribution in [3.05, 3.63) is 22.4 Å². The quantitative estimate of drug-likeness (QED) is 0.618. The molecule has 1 aliphatic rings. The van der Waals surface area contributed by atoms with E-state index < -0.39 is 0 Å². The molecule has 0 aromatic carbocycles. The van der Waals surface area contributed by atoms with Crippen molar-refractivity contribution < 1.29 is 4.74 Å². The van der Waals surface area contributed by atoms with E-state index in [1.54, 1.807) is 11.3 Å². The standard InChI is InChI=1S/C10H16N2OS2/c11-12-9(6-8-2-1-4-15-8)10-7-14-5-3-13-10/h1-2,4,9-10,12H,3,5-7,11H2. The summed E-state index contributed by atoms with van der Waals surface area (Å²) in [4.78, 5) is 1.36. The summed E-state index contributed by atoms with van der Waals surface area (Å²) in [6.07, 6.45) is 1.20. The van der Waals surface area contributed by atoms with Crippen LogP contribution in [0.25, 0.3) is 0 Å². The highest BCUT2D eigenvalue weighted by Gasteiger charge is 2.24. The van der Waals surface area contributed by atoms with Crippen molar-refractivity contribution in [2.75, 3.05) is 18.1 Å². The zero-order chi connectivity index (χ0) is 10.5. The monoisotopic (exact) mass is 244 g/mol. The molecule has 2 unspecified atom stereocenters. The van der Waals surface area contributed by atoms with Crippen molar-refractivity contribution in [3.63, 3.8) is 0 Å². The summed E-state index contributed by atoms with van der Waals surface area (Å²) in [6.45, 7) is 0.845. The van der Waals surface area contributed by atoms with Gasteiger partial charge in [0.15, 0.2) is 0 Å². The van der Waals surface area contributed by atoms with Gasteiger partial charge in [-0.05, 0) is 11.4 Å². The lowest BCUT2D eigenvalue weighted by Crippen LogP contribution is -2.49. The molecule has 1 fully saturated rings. The fourth-order valence-electron chi connectivity index (χ4n) is 1.68. The molecule has 3 N–H and O–H groups in total. The number of rotatable bonds is 4. The van der Waals surface area contributed by atoms with Crippen molar-refractivity contribution in [2.45, 2.75) is 18.6 Å². The topological polar surface area (TPSA) is 47.3 Å². The van der Waals surface area contributed by atoms with E-state index in [0.717, 1.165) is 24.5 Å². The molecule has 1 aromatic rings. The van der Waals surface area contributed by atoms with Crippen molar-refractivity contribution in [3.8, 4) is 0 Å². The Kier molecular flexibility index (Phi) is 4.46. The van der Waals surface area contributed by atoms with Gasteiger partial charge in [-0.3, -0.25) is 11.3 Å². The first kappa shape index (κ1) is 11.4. The van der Waals surface area contributed by atoms with Gasteiger partial charge in [-0.1, -0.05) is 6.07 Å². The third-order valence-corrected chi connectivity index (χ3v) is 4.42. The minimum absolute atomic E-state index is 0.233. The molecule has 2 heterocycles. The smallest absolute Gasteiger partial charge is 0.0835 e. The number of thiophene rings is 1. The van der Waals surface area contributed by atoms with Gasteiger partial charge in [0, 0.05) is 22.8 Å². The molecule has 1 saturated heterocycles. The molecule has 3 nitrogen and oxygen atoms in total. The van der Waals surface area contributed by atoms with Crippen molar-refractivity contribution >= 4 is 23.1 Å². The fourth-order valence-corrected chi connectivity index (χ4v) is 3.39. The first-order chi connectivity index (χ1) is 7.40. The van der Waals surface area contributed by atoms with Gasteiger partial charge in [0.1, 0.15) is 0 Å². The van der Waals surface area contributed by atoms with Crippen molar-refractivity contribution in [1.82, 2.24) is 5.43 Å². The lowest BCUT2D eigenvalue weighted by molar-refractivity contribution is 0.0474. The number of hydrogen-bond acceptors (Lipinski definition) is 5. The predicted molar refractivity (Wildman–Crippen MR) is 66.2 cm³/mol. The summed E-state index contributed by atoms with van der Waals surface area (Å²) in [5, 5.41) is 2.10. The molecule has 1 aromatic heterocycles. The predicted octanol–water partition coefficient (Wildman–Crippen LogP) is 1.25. The van der Waals surface area contributed by atoms with Gasteiger partial charge >= 0.3 is 0 Å². The van der Waals surface area contributed by atoms with Crippen LogP contribution in [-0.2, 0) is 11.2 Å². The van der Waals surface area contributed by atoms with Gasteiger partial charge in [-0.2, -0.15) is 11.8 Å². The highest BCUT2D eigenvalue weighted by atomic mass is 32.2. The summed E-state index contributed by atoms with van der Waals surface area (Å²) < 4.78 is 5.72. The Morgan fingerprint density at radius 3 is 3.20 bits per heavy atom. The van der Waals surface area contributed by atoms with Crippen LogP contribution in [0, 0.1) is 0 Å². The number of nitrogens with two attached hydrogens (primary N) is 1. The van der Waals surface area contributed by atoms with Crippen LogP contribution in [0.15, 0.2) is 17.5 Å². The summed E-state index contributed by atoms with van der Waals surface area (Å²) in [6, 6.07) is 4.45. The highest BCUT2D eigenvalue weighted by Crippen LogP contribution is 2.19. The zero-order valence-corrected chi connectivity index (χ0v) is 10.2. The Labute approximate surface area is 98.4 Å². The second-order valence-corrected chi connectivity index (χ2v) is 5.72. The van der Waals surface area contributed by atoms with Crippen molar-refractivity contribution in [2.24, 2.45) is 5.84 Å². The summed E-state index contributed by atoms with van der Waals surface area (Å²) >= 11 is 3.71. The second kappa shape index (κ2) is 5.86. The van der Waals surface area contributed by atoms with Crippen LogP contribution >= 0.6 is 23.1 Å². The molecule has 1 aliphatic heterocycles. The van der Waals surface area contributed by atoms with E-state index >= 15 is 0 Å². The third-order valence-electron chi connectivity index (χ3n) is 2.51. The molecule has 0 amide bonds. The molecule has 0 radical (unpaired) electrons. The molecular weight excluding hydrogens is 228 g/mol. The van der Waals surface area contributed by atoms with Gasteiger partial charge in [0.25, 0.3) is 0 Å². The number of ether oxygens (including phenoxy) is 1. The van der Waals surface area contributed by atoms with E-state index in [2.05, 4.69) is 22.9 Å². The van der Waals surface area contributed by atoms with E-state index in [0.29, 0.717) is 0 Å². The molecule has 0 aliphatic carbocycles. The first-order valence-corrected chi connectivity index (χ1v) is 7.11. The average Bonchev–Trinajstić information content (AvgIpc) is 2.80. The van der Waals surface area contributed by atoms with Crippen molar-refractivity contribution in [1.29, 1.82) is 0 Å². The highest BCUT2D eigenvalue weighted by molar-refractivity contribution is 7.99. The maximum atomic E-state index is 5.72. The van der Waals surface area contributed by atoms with E-state index in [-0.39, 0.29) is 12.1 Å². The lowest BCUT2D eigenvalue weighted by Gasteiger charge is -2.29. The Bertz CT molecular complexity index is 273.